The standard InChI is InChI=1S/C32H32Cl2N8O3S/c1-46-31-36-22-42(38-31)26-5-3-24(4-6-26)39-12-14-40(15-13-39)25-7-9-27(10-8-25)43-17-28-18-44-32(45-28,19-41-21-35-20-37-41)29-11-2-23(33)16-30(29)34/h2-11,16,20-22,28H,12-15,17-19H2,1H3/t28-,32-/m1/s1. The highest BCUT2D eigenvalue weighted by Crippen LogP contribution is 2.40. The molecule has 2 aromatic heterocycles. The second kappa shape index (κ2) is 13.5. The molecule has 46 heavy (non-hydrogen) atoms. The number of thioether (sulfide) groups is 1. The number of benzene rings is 3. The van der Waals surface area contributed by atoms with E-state index in [1.807, 2.05) is 24.5 Å². The fourth-order valence-corrected chi connectivity index (χ4v) is 6.60. The molecule has 7 rings (SSSR count). The highest BCUT2D eigenvalue weighted by atomic mass is 35.5. The number of nitrogens with zero attached hydrogens (tertiary/aromatic N) is 8. The minimum atomic E-state index is -1.15. The Hall–Kier alpha value is -3.81. The molecular weight excluding hydrogens is 647 g/mol. The molecule has 0 N–H and O–H groups in total. The number of aromatic nitrogens is 6. The van der Waals surface area contributed by atoms with Gasteiger partial charge in [0.05, 0.1) is 17.3 Å². The normalized spacial score (nSPS) is 19.9. The zero-order chi connectivity index (χ0) is 31.5. The summed E-state index contributed by atoms with van der Waals surface area (Å²) in [6.07, 6.45) is 6.49. The average Bonchev–Trinajstić information content (AvgIpc) is 3.87. The Morgan fingerprint density at radius 3 is 2.24 bits per heavy atom. The molecule has 0 saturated carbocycles. The Morgan fingerprint density at radius 1 is 0.913 bits per heavy atom. The van der Waals surface area contributed by atoms with Gasteiger partial charge >= 0.3 is 0 Å². The Kier molecular flexibility index (Phi) is 9.05. The van der Waals surface area contributed by atoms with Crippen LogP contribution in [0.2, 0.25) is 10.0 Å². The number of halogens is 2. The lowest BCUT2D eigenvalue weighted by Gasteiger charge is -2.37. The zero-order valence-electron chi connectivity index (χ0n) is 25.1. The van der Waals surface area contributed by atoms with E-state index in [9.17, 15) is 0 Å². The van der Waals surface area contributed by atoms with Crippen molar-refractivity contribution < 1.29 is 14.2 Å². The summed E-state index contributed by atoms with van der Waals surface area (Å²) < 4.78 is 22.3. The molecular formula is C32H32Cl2N8O3S. The van der Waals surface area contributed by atoms with Gasteiger partial charge in [-0.2, -0.15) is 5.10 Å². The van der Waals surface area contributed by atoms with Crippen molar-refractivity contribution in [2.24, 2.45) is 0 Å². The first-order valence-corrected chi connectivity index (χ1v) is 16.8. The van der Waals surface area contributed by atoms with E-state index in [-0.39, 0.29) is 12.6 Å². The Labute approximate surface area is 281 Å². The smallest absolute Gasteiger partial charge is 0.217 e. The minimum Gasteiger partial charge on any atom is -0.491 e. The largest absolute Gasteiger partial charge is 0.491 e. The summed E-state index contributed by atoms with van der Waals surface area (Å²) in [5.41, 5.74) is 4.05. The van der Waals surface area contributed by atoms with Crippen LogP contribution in [0, 0.1) is 0 Å². The number of anilines is 2. The highest BCUT2D eigenvalue weighted by molar-refractivity contribution is 7.98. The molecule has 0 spiro atoms. The Bertz CT molecular complexity index is 1750. The van der Waals surface area contributed by atoms with Crippen molar-refractivity contribution in [2.75, 3.05) is 55.4 Å². The van der Waals surface area contributed by atoms with E-state index in [0.29, 0.717) is 28.8 Å². The van der Waals surface area contributed by atoms with Gasteiger partial charge in [0.25, 0.3) is 0 Å². The second-order valence-electron chi connectivity index (χ2n) is 11.0. The molecule has 0 bridgehead atoms. The third kappa shape index (κ3) is 6.67. The Morgan fingerprint density at radius 2 is 1.61 bits per heavy atom. The molecule has 238 valence electrons. The van der Waals surface area contributed by atoms with Gasteiger partial charge in [-0.05, 0) is 66.9 Å². The molecule has 0 radical (unpaired) electrons. The van der Waals surface area contributed by atoms with Crippen molar-refractivity contribution in [3.8, 4) is 11.4 Å². The maximum absolute atomic E-state index is 6.58. The van der Waals surface area contributed by atoms with E-state index >= 15 is 0 Å². The summed E-state index contributed by atoms with van der Waals surface area (Å²) in [4.78, 5) is 13.2. The second-order valence-corrected chi connectivity index (χ2v) is 12.6. The molecule has 0 aliphatic carbocycles. The number of piperazine rings is 1. The van der Waals surface area contributed by atoms with Crippen LogP contribution in [0.1, 0.15) is 5.56 Å². The van der Waals surface area contributed by atoms with Crippen LogP contribution in [0.4, 0.5) is 11.4 Å². The van der Waals surface area contributed by atoms with Gasteiger partial charge in [-0.15, -0.1) is 5.10 Å². The SMILES string of the molecule is CSc1ncn(-c2ccc(N3CCN(c4ccc(OC[C@@H]5CO[C@@](Cn6cncn6)(c6ccc(Cl)cc6Cl)O5)cc4)CC3)cc2)n1. The molecule has 2 aliphatic rings. The summed E-state index contributed by atoms with van der Waals surface area (Å²) in [6, 6.07) is 22.0. The summed E-state index contributed by atoms with van der Waals surface area (Å²) in [6.45, 7) is 4.65. The molecule has 2 saturated heterocycles. The lowest BCUT2D eigenvalue weighted by molar-refractivity contribution is -0.190. The minimum absolute atomic E-state index is 0.278. The number of ether oxygens (including phenoxy) is 3. The maximum atomic E-state index is 6.58. The predicted molar refractivity (Wildman–Crippen MR) is 178 cm³/mol. The molecule has 14 heteroatoms. The van der Waals surface area contributed by atoms with E-state index in [2.05, 4.69) is 66.4 Å². The topological polar surface area (TPSA) is 95.6 Å². The first kappa shape index (κ1) is 30.8. The average molecular weight is 680 g/mol. The Balaban J connectivity index is 0.927. The molecule has 5 aromatic rings. The van der Waals surface area contributed by atoms with Crippen LogP contribution in [-0.4, -0.2) is 81.3 Å². The molecule has 2 fully saturated rings. The van der Waals surface area contributed by atoms with Gasteiger partial charge in [0.2, 0.25) is 10.9 Å². The van der Waals surface area contributed by atoms with Crippen LogP contribution >= 0.6 is 35.0 Å². The maximum Gasteiger partial charge on any atom is 0.217 e. The van der Waals surface area contributed by atoms with Gasteiger partial charge in [0, 0.05) is 48.1 Å². The molecule has 3 aromatic carbocycles. The number of hydrogen-bond donors (Lipinski definition) is 0. The molecule has 0 amide bonds. The fraction of sp³-hybridized carbons (Fsp3) is 0.312. The van der Waals surface area contributed by atoms with Crippen molar-refractivity contribution in [2.45, 2.75) is 23.6 Å². The first-order chi connectivity index (χ1) is 22.5. The van der Waals surface area contributed by atoms with Crippen LogP contribution < -0.4 is 14.5 Å². The fourth-order valence-electron chi connectivity index (χ4n) is 5.73. The van der Waals surface area contributed by atoms with Gasteiger partial charge < -0.3 is 24.0 Å². The molecule has 2 aliphatic heterocycles. The molecule has 4 heterocycles. The zero-order valence-corrected chi connectivity index (χ0v) is 27.4. The molecule has 0 unspecified atom stereocenters. The van der Waals surface area contributed by atoms with Crippen LogP contribution in [-0.2, 0) is 21.8 Å². The van der Waals surface area contributed by atoms with Crippen molar-refractivity contribution in [1.29, 1.82) is 0 Å². The van der Waals surface area contributed by atoms with Gasteiger partial charge in [0.15, 0.2) is 0 Å². The third-order valence-electron chi connectivity index (χ3n) is 8.09. The monoisotopic (exact) mass is 678 g/mol. The van der Waals surface area contributed by atoms with Gasteiger partial charge in [-0.25, -0.2) is 19.3 Å². The number of hydrogen-bond acceptors (Lipinski definition) is 10. The van der Waals surface area contributed by atoms with E-state index in [1.54, 1.807) is 34.2 Å². The van der Waals surface area contributed by atoms with Crippen molar-refractivity contribution >= 4 is 46.3 Å². The first-order valence-electron chi connectivity index (χ1n) is 14.9. The lowest BCUT2D eigenvalue weighted by atomic mass is 10.1. The molecule has 11 nitrogen and oxygen atoms in total. The highest BCUT2D eigenvalue weighted by Gasteiger charge is 2.45. The van der Waals surface area contributed by atoms with Gasteiger partial charge in [-0.1, -0.05) is 41.0 Å². The van der Waals surface area contributed by atoms with Gasteiger partial charge in [0.1, 0.15) is 44.0 Å². The van der Waals surface area contributed by atoms with Gasteiger partial charge in [-0.3, -0.25) is 0 Å². The van der Waals surface area contributed by atoms with E-state index < -0.39 is 5.79 Å². The predicted octanol–water partition coefficient (Wildman–Crippen LogP) is 5.56. The van der Waals surface area contributed by atoms with E-state index in [4.69, 9.17) is 37.4 Å². The quantitative estimate of drug-likeness (QED) is 0.175. The summed E-state index contributed by atoms with van der Waals surface area (Å²) in [7, 11) is 0. The van der Waals surface area contributed by atoms with Crippen LogP contribution in [0.5, 0.6) is 5.75 Å². The van der Waals surface area contributed by atoms with Crippen LogP contribution in [0.25, 0.3) is 5.69 Å². The van der Waals surface area contributed by atoms with Crippen molar-refractivity contribution in [1.82, 2.24) is 29.5 Å². The summed E-state index contributed by atoms with van der Waals surface area (Å²) in [5.74, 6) is -0.381. The van der Waals surface area contributed by atoms with E-state index in [1.165, 1.54) is 29.5 Å². The van der Waals surface area contributed by atoms with Crippen LogP contribution in [0.3, 0.4) is 0 Å². The van der Waals surface area contributed by atoms with Crippen molar-refractivity contribution in [3.05, 3.63) is 101 Å². The summed E-state index contributed by atoms with van der Waals surface area (Å²) >= 11 is 14.3. The van der Waals surface area contributed by atoms with E-state index in [0.717, 1.165) is 42.8 Å². The lowest BCUT2D eigenvalue weighted by Crippen LogP contribution is -2.46. The third-order valence-corrected chi connectivity index (χ3v) is 9.19. The molecule has 2 atom stereocenters. The van der Waals surface area contributed by atoms with Crippen molar-refractivity contribution in [3.63, 3.8) is 0 Å². The van der Waals surface area contributed by atoms with Crippen LogP contribution in [0.15, 0.2) is 90.9 Å². The summed E-state index contributed by atoms with van der Waals surface area (Å²) in [5, 5.41) is 10.5. The number of rotatable bonds is 10.